The van der Waals surface area contributed by atoms with Crippen LogP contribution in [0.2, 0.25) is 0 Å². The summed E-state index contributed by atoms with van der Waals surface area (Å²) in [6, 6.07) is 9.64. The van der Waals surface area contributed by atoms with E-state index in [0.717, 1.165) is 12.1 Å². The van der Waals surface area contributed by atoms with Crippen molar-refractivity contribution >= 4 is 17.5 Å². The summed E-state index contributed by atoms with van der Waals surface area (Å²) in [5.41, 5.74) is 4.59. The van der Waals surface area contributed by atoms with Gasteiger partial charge in [-0.15, -0.1) is 0 Å². The third-order valence-electron chi connectivity index (χ3n) is 3.69. The molecule has 0 fully saturated rings. The summed E-state index contributed by atoms with van der Waals surface area (Å²) in [7, 11) is 0. The summed E-state index contributed by atoms with van der Waals surface area (Å²) in [6.45, 7) is 1.71. The van der Waals surface area contributed by atoms with E-state index >= 15 is 0 Å². The lowest BCUT2D eigenvalue weighted by Crippen LogP contribution is -2.03. The van der Waals surface area contributed by atoms with Crippen LogP contribution in [0.4, 0.5) is 11.5 Å². The van der Waals surface area contributed by atoms with E-state index in [9.17, 15) is 4.79 Å². The Morgan fingerprint density at radius 1 is 1.20 bits per heavy atom. The quantitative estimate of drug-likeness (QED) is 0.896. The lowest BCUT2D eigenvalue weighted by Gasteiger charge is -2.09. The van der Waals surface area contributed by atoms with Gasteiger partial charge in [-0.1, -0.05) is 6.07 Å². The average Bonchev–Trinajstić information content (AvgIpc) is 2.85. The van der Waals surface area contributed by atoms with Crippen molar-refractivity contribution in [2.45, 2.75) is 26.2 Å². The van der Waals surface area contributed by atoms with Crippen molar-refractivity contribution in [3.05, 3.63) is 52.7 Å². The highest BCUT2D eigenvalue weighted by Crippen LogP contribution is 2.26. The van der Waals surface area contributed by atoms with Gasteiger partial charge in [0.05, 0.1) is 11.3 Å². The molecule has 1 aliphatic carbocycles. The van der Waals surface area contributed by atoms with E-state index in [1.807, 2.05) is 6.07 Å². The van der Waals surface area contributed by atoms with Crippen LogP contribution >= 0.6 is 0 Å². The monoisotopic (exact) mass is 268 g/mol. The lowest BCUT2D eigenvalue weighted by atomic mass is 10.1. The third-order valence-corrected chi connectivity index (χ3v) is 3.69. The van der Waals surface area contributed by atoms with Gasteiger partial charge in [0.15, 0.2) is 0 Å². The van der Waals surface area contributed by atoms with Crippen LogP contribution in [0.5, 0.6) is 0 Å². The zero-order chi connectivity index (χ0) is 14.1. The van der Waals surface area contributed by atoms with Gasteiger partial charge >= 0.3 is 5.97 Å². The Labute approximate surface area is 117 Å². The molecule has 0 saturated carbocycles. The number of aromatic carboxylic acids is 1. The van der Waals surface area contributed by atoms with E-state index in [1.165, 1.54) is 24.0 Å². The molecule has 0 amide bonds. The number of fused-ring (bicyclic) bond motifs is 1. The van der Waals surface area contributed by atoms with Crippen LogP contribution in [0.1, 0.15) is 33.6 Å². The number of rotatable bonds is 3. The van der Waals surface area contributed by atoms with Crippen LogP contribution in [-0.2, 0) is 12.8 Å². The molecule has 0 spiro atoms. The van der Waals surface area contributed by atoms with Crippen molar-refractivity contribution in [1.29, 1.82) is 0 Å². The highest BCUT2D eigenvalue weighted by atomic mass is 16.4. The molecular formula is C16H16N2O2. The Bertz CT molecular complexity index is 680. The van der Waals surface area contributed by atoms with Crippen LogP contribution in [0.3, 0.4) is 0 Å². The number of aryl methyl sites for hydroxylation is 3. The second-order valence-corrected chi connectivity index (χ2v) is 5.10. The number of anilines is 2. The molecule has 20 heavy (non-hydrogen) atoms. The van der Waals surface area contributed by atoms with Crippen LogP contribution < -0.4 is 5.32 Å². The maximum atomic E-state index is 11.0. The minimum atomic E-state index is -0.945. The highest BCUT2D eigenvalue weighted by molar-refractivity contribution is 5.89. The first-order valence-electron chi connectivity index (χ1n) is 6.73. The largest absolute Gasteiger partial charge is 0.478 e. The summed E-state index contributed by atoms with van der Waals surface area (Å²) in [6.07, 6.45) is 3.53. The summed E-state index contributed by atoms with van der Waals surface area (Å²) >= 11 is 0. The molecule has 0 atom stereocenters. The SMILES string of the molecule is Cc1nc(Nc2ccc3c(c2)CCC3)ccc1C(=O)O. The highest BCUT2D eigenvalue weighted by Gasteiger charge is 2.12. The second kappa shape index (κ2) is 4.96. The number of hydrogen-bond acceptors (Lipinski definition) is 3. The summed E-state index contributed by atoms with van der Waals surface area (Å²) in [5.74, 6) is -0.274. The molecule has 1 aromatic carbocycles. The Kier molecular flexibility index (Phi) is 3.14. The van der Waals surface area contributed by atoms with Gasteiger partial charge in [0, 0.05) is 5.69 Å². The minimum absolute atomic E-state index is 0.240. The van der Waals surface area contributed by atoms with Gasteiger partial charge in [0.2, 0.25) is 0 Å². The lowest BCUT2D eigenvalue weighted by molar-refractivity contribution is 0.0695. The molecule has 1 aliphatic rings. The number of pyridine rings is 1. The first-order valence-corrected chi connectivity index (χ1v) is 6.73. The first-order chi connectivity index (χ1) is 9.63. The first kappa shape index (κ1) is 12.7. The van der Waals surface area contributed by atoms with E-state index in [2.05, 4.69) is 22.4 Å². The second-order valence-electron chi connectivity index (χ2n) is 5.10. The molecule has 4 nitrogen and oxygen atoms in total. The number of hydrogen-bond donors (Lipinski definition) is 2. The van der Waals surface area contributed by atoms with E-state index in [4.69, 9.17) is 5.11 Å². The molecule has 2 aromatic rings. The van der Waals surface area contributed by atoms with Gasteiger partial charge in [-0.2, -0.15) is 0 Å². The fourth-order valence-electron chi connectivity index (χ4n) is 2.65. The normalized spacial score (nSPS) is 13.1. The molecule has 1 heterocycles. The fraction of sp³-hybridized carbons (Fsp3) is 0.250. The number of aromatic nitrogens is 1. The molecule has 3 rings (SSSR count). The molecule has 0 saturated heterocycles. The molecule has 4 heteroatoms. The maximum Gasteiger partial charge on any atom is 0.337 e. The topological polar surface area (TPSA) is 62.2 Å². The Balaban J connectivity index is 1.84. The van der Waals surface area contributed by atoms with Crippen molar-refractivity contribution in [2.75, 3.05) is 5.32 Å². The van der Waals surface area contributed by atoms with E-state index in [-0.39, 0.29) is 5.56 Å². The summed E-state index contributed by atoms with van der Waals surface area (Å²) in [5, 5.41) is 12.2. The van der Waals surface area contributed by atoms with E-state index in [0.29, 0.717) is 11.5 Å². The Morgan fingerprint density at radius 3 is 2.75 bits per heavy atom. The smallest absolute Gasteiger partial charge is 0.337 e. The number of nitrogens with one attached hydrogen (secondary N) is 1. The van der Waals surface area contributed by atoms with Gasteiger partial charge < -0.3 is 10.4 Å². The summed E-state index contributed by atoms with van der Waals surface area (Å²) < 4.78 is 0. The van der Waals surface area contributed by atoms with Crippen molar-refractivity contribution in [2.24, 2.45) is 0 Å². The van der Waals surface area contributed by atoms with Crippen molar-refractivity contribution in [3.63, 3.8) is 0 Å². The van der Waals surface area contributed by atoms with E-state index in [1.54, 1.807) is 19.1 Å². The number of benzene rings is 1. The van der Waals surface area contributed by atoms with Crippen molar-refractivity contribution < 1.29 is 9.90 Å². The Morgan fingerprint density at radius 2 is 2.00 bits per heavy atom. The standard InChI is InChI=1S/C16H16N2O2/c1-10-14(16(19)20)7-8-15(17-10)18-13-6-5-11-3-2-4-12(11)9-13/h5-9H,2-4H2,1H3,(H,17,18)(H,19,20). The number of carboxylic acid groups (broad SMARTS) is 1. The van der Waals surface area contributed by atoms with Gasteiger partial charge in [-0.05, 0) is 61.6 Å². The Hall–Kier alpha value is -2.36. The van der Waals surface area contributed by atoms with Crippen LogP contribution in [-0.4, -0.2) is 16.1 Å². The van der Waals surface area contributed by atoms with Gasteiger partial charge in [-0.25, -0.2) is 9.78 Å². The zero-order valence-electron chi connectivity index (χ0n) is 11.3. The molecule has 102 valence electrons. The molecule has 0 bridgehead atoms. The molecule has 0 radical (unpaired) electrons. The van der Waals surface area contributed by atoms with Crippen LogP contribution in [0.25, 0.3) is 0 Å². The molecule has 0 unspecified atom stereocenters. The molecule has 1 aromatic heterocycles. The fourth-order valence-corrected chi connectivity index (χ4v) is 2.65. The van der Waals surface area contributed by atoms with Gasteiger partial charge in [0.1, 0.15) is 5.82 Å². The predicted octanol–water partition coefficient (Wildman–Crippen LogP) is 3.32. The molecular weight excluding hydrogens is 252 g/mol. The summed E-state index contributed by atoms with van der Waals surface area (Å²) in [4.78, 5) is 15.3. The van der Waals surface area contributed by atoms with Crippen LogP contribution in [0.15, 0.2) is 30.3 Å². The van der Waals surface area contributed by atoms with Gasteiger partial charge in [-0.3, -0.25) is 0 Å². The minimum Gasteiger partial charge on any atom is -0.478 e. The number of carbonyl (C=O) groups is 1. The third kappa shape index (κ3) is 2.37. The van der Waals surface area contributed by atoms with Gasteiger partial charge in [0.25, 0.3) is 0 Å². The zero-order valence-corrected chi connectivity index (χ0v) is 11.3. The molecule has 2 N–H and O–H groups in total. The van der Waals surface area contributed by atoms with Crippen LogP contribution in [0, 0.1) is 6.92 Å². The predicted molar refractivity (Wildman–Crippen MR) is 77.7 cm³/mol. The van der Waals surface area contributed by atoms with Crippen molar-refractivity contribution in [1.82, 2.24) is 4.98 Å². The number of carboxylic acids is 1. The van der Waals surface area contributed by atoms with Crippen molar-refractivity contribution in [3.8, 4) is 0 Å². The number of nitrogens with zero attached hydrogens (tertiary/aromatic N) is 1. The average molecular weight is 268 g/mol. The maximum absolute atomic E-state index is 11.0. The molecule has 0 aliphatic heterocycles. The van der Waals surface area contributed by atoms with E-state index < -0.39 is 5.97 Å².